The van der Waals surface area contributed by atoms with Gasteiger partial charge in [0.2, 0.25) is 0 Å². The van der Waals surface area contributed by atoms with Crippen molar-refractivity contribution in [2.75, 3.05) is 6.54 Å². The Labute approximate surface area is 102 Å². The van der Waals surface area contributed by atoms with Crippen LogP contribution in [0.5, 0.6) is 0 Å². The molecule has 1 atom stereocenters. The van der Waals surface area contributed by atoms with Crippen LogP contribution in [-0.4, -0.2) is 11.7 Å². The average Bonchev–Trinajstić information content (AvgIpc) is 2.97. The minimum atomic E-state index is 0.353. The summed E-state index contributed by atoms with van der Waals surface area (Å²) >= 11 is 7.39. The van der Waals surface area contributed by atoms with Crippen LogP contribution in [0.25, 0.3) is 11.3 Å². The van der Waals surface area contributed by atoms with Crippen LogP contribution in [0.2, 0.25) is 4.34 Å². The molecule has 2 aromatic rings. The van der Waals surface area contributed by atoms with Crippen molar-refractivity contribution in [3.8, 4) is 11.3 Å². The molecule has 16 heavy (non-hydrogen) atoms. The number of aromatic nitrogens is 1. The van der Waals surface area contributed by atoms with Crippen molar-refractivity contribution < 1.29 is 4.52 Å². The zero-order chi connectivity index (χ0) is 11.0. The Hall–Kier alpha value is -0.840. The van der Waals surface area contributed by atoms with Gasteiger partial charge in [0.25, 0.3) is 0 Å². The zero-order valence-corrected chi connectivity index (χ0v) is 10.1. The van der Waals surface area contributed by atoms with Crippen LogP contribution < -0.4 is 5.32 Å². The molecule has 0 amide bonds. The minimum absolute atomic E-state index is 0.353. The number of halogens is 1. The maximum atomic E-state index is 5.89. The Bertz CT molecular complexity index is 488. The molecular weight excluding hydrogens is 244 g/mol. The molecule has 3 rings (SSSR count). The van der Waals surface area contributed by atoms with Gasteiger partial charge in [0, 0.05) is 17.0 Å². The number of thiophene rings is 1. The van der Waals surface area contributed by atoms with E-state index in [2.05, 4.69) is 10.5 Å². The van der Waals surface area contributed by atoms with E-state index in [1.807, 2.05) is 17.5 Å². The van der Waals surface area contributed by atoms with Crippen molar-refractivity contribution in [2.45, 2.75) is 18.9 Å². The lowest BCUT2D eigenvalue weighted by Gasteiger charge is -2.02. The Morgan fingerprint density at radius 2 is 2.44 bits per heavy atom. The standard InChI is InChI=1S/C11H11ClN2OS/c12-11-4-7(6-16-11)10-5-9(14-15-10)8-2-1-3-13-8/h4-6,8,13H,1-3H2/t8-/m1/s1. The predicted molar refractivity (Wildman–Crippen MR) is 64.8 cm³/mol. The molecule has 1 N–H and O–H groups in total. The van der Waals surface area contributed by atoms with Crippen LogP contribution in [0.3, 0.4) is 0 Å². The van der Waals surface area contributed by atoms with Gasteiger partial charge in [-0.1, -0.05) is 16.8 Å². The first-order valence-electron chi connectivity index (χ1n) is 5.27. The van der Waals surface area contributed by atoms with Gasteiger partial charge in [-0.3, -0.25) is 0 Å². The van der Waals surface area contributed by atoms with E-state index >= 15 is 0 Å². The lowest BCUT2D eigenvalue weighted by atomic mass is 10.1. The molecule has 0 radical (unpaired) electrons. The van der Waals surface area contributed by atoms with Gasteiger partial charge in [0.05, 0.1) is 10.4 Å². The smallest absolute Gasteiger partial charge is 0.168 e. The summed E-state index contributed by atoms with van der Waals surface area (Å²) in [5, 5.41) is 9.49. The number of hydrogen-bond acceptors (Lipinski definition) is 4. The third-order valence-corrected chi connectivity index (χ3v) is 3.89. The topological polar surface area (TPSA) is 38.1 Å². The van der Waals surface area contributed by atoms with Gasteiger partial charge in [-0.05, 0) is 25.5 Å². The lowest BCUT2D eigenvalue weighted by Crippen LogP contribution is -2.12. The van der Waals surface area contributed by atoms with Gasteiger partial charge in [-0.25, -0.2) is 0 Å². The quantitative estimate of drug-likeness (QED) is 0.892. The number of nitrogens with one attached hydrogen (secondary N) is 1. The average molecular weight is 255 g/mol. The summed E-state index contributed by atoms with van der Waals surface area (Å²) in [6.07, 6.45) is 2.34. The fraction of sp³-hybridized carbons (Fsp3) is 0.364. The molecule has 3 nitrogen and oxygen atoms in total. The summed E-state index contributed by atoms with van der Waals surface area (Å²) in [7, 11) is 0. The van der Waals surface area contributed by atoms with E-state index < -0.39 is 0 Å². The molecule has 0 spiro atoms. The van der Waals surface area contributed by atoms with Crippen LogP contribution in [-0.2, 0) is 0 Å². The molecule has 0 aliphatic carbocycles. The van der Waals surface area contributed by atoms with E-state index in [4.69, 9.17) is 16.1 Å². The predicted octanol–water partition coefficient (Wildman–Crippen LogP) is 3.48. The van der Waals surface area contributed by atoms with Gasteiger partial charge in [-0.2, -0.15) is 0 Å². The molecule has 3 heterocycles. The van der Waals surface area contributed by atoms with Crippen molar-refractivity contribution in [1.82, 2.24) is 10.5 Å². The van der Waals surface area contributed by atoms with E-state index in [9.17, 15) is 0 Å². The second kappa shape index (κ2) is 4.20. The van der Waals surface area contributed by atoms with Crippen LogP contribution >= 0.6 is 22.9 Å². The van der Waals surface area contributed by atoms with Gasteiger partial charge < -0.3 is 9.84 Å². The highest BCUT2D eigenvalue weighted by atomic mass is 35.5. The van der Waals surface area contributed by atoms with Crippen molar-refractivity contribution in [1.29, 1.82) is 0 Å². The second-order valence-electron chi connectivity index (χ2n) is 3.90. The summed E-state index contributed by atoms with van der Waals surface area (Å²) in [6.45, 7) is 1.07. The van der Waals surface area contributed by atoms with Crippen LogP contribution in [0.1, 0.15) is 24.6 Å². The molecule has 0 unspecified atom stereocenters. The van der Waals surface area contributed by atoms with Gasteiger partial charge in [0.1, 0.15) is 5.69 Å². The lowest BCUT2D eigenvalue weighted by molar-refractivity contribution is 0.412. The van der Waals surface area contributed by atoms with Crippen molar-refractivity contribution >= 4 is 22.9 Å². The number of hydrogen-bond donors (Lipinski definition) is 1. The summed E-state index contributed by atoms with van der Waals surface area (Å²) in [5.74, 6) is 0.798. The summed E-state index contributed by atoms with van der Waals surface area (Å²) < 4.78 is 6.10. The van der Waals surface area contributed by atoms with Gasteiger partial charge in [-0.15, -0.1) is 11.3 Å². The van der Waals surface area contributed by atoms with E-state index in [1.54, 1.807) is 0 Å². The Kier molecular flexibility index (Phi) is 2.71. The van der Waals surface area contributed by atoms with E-state index in [1.165, 1.54) is 17.8 Å². The van der Waals surface area contributed by atoms with E-state index in [0.29, 0.717) is 6.04 Å². The zero-order valence-electron chi connectivity index (χ0n) is 8.57. The first kappa shape index (κ1) is 10.3. The fourth-order valence-corrected chi connectivity index (χ4v) is 2.84. The second-order valence-corrected chi connectivity index (χ2v) is 5.45. The third kappa shape index (κ3) is 1.88. The maximum Gasteiger partial charge on any atom is 0.168 e. The molecule has 2 aromatic heterocycles. The Balaban J connectivity index is 1.87. The maximum absolute atomic E-state index is 5.89. The normalized spacial score (nSPS) is 20.4. The Morgan fingerprint density at radius 1 is 1.50 bits per heavy atom. The third-order valence-electron chi connectivity index (χ3n) is 2.80. The van der Waals surface area contributed by atoms with Crippen LogP contribution in [0.4, 0.5) is 0 Å². The number of rotatable bonds is 2. The summed E-state index contributed by atoms with van der Waals surface area (Å²) in [6, 6.07) is 4.26. The molecule has 5 heteroatoms. The monoisotopic (exact) mass is 254 g/mol. The van der Waals surface area contributed by atoms with Crippen molar-refractivity contribution in [2.24, 2.45) is 0 Å². The fourth-order valence-electron chi connectivity index (χ4n) is 1.97. The van der Waals surface area contributed by atoms with E-state index in [0.717, 1.165) is 34.3 Å². The largest absolute Gasteiger partial charge is 0.356 e. The minimum Gasteiger partial charge on any atom is -0.356 e. The molecule has 1 fully saturated rings. The first-order valence-corrected chi connectivity index (χ1v) is 6.53. The highest BCUT2D eigenvalue weighted by molar-refractivity contribution is 7.14. The molecule has 84 valence electrons. The molecule has 1 aliphatic rings. The SMILES string of the molecule is Clc1cc(-c2cc([C@H]3CCCN3)no2)cs1. The van der Waals surface area contributed by atoms with Crippen molar-refractivity contribution in [3.05, 3.63) is 27.5 Å². The Morgan fingerprint density at radius 3 is 3.12 bits per heavy atom. The number of nitrogens with zero attached hydrogens (tertiary/aromatic N) is 1. The molecule has 0 saturated carbocycles. The first-order chi connectivity index (χ1) is 7.83. The molecule has 0 bridgehead atoms. The van der Waals surface area contributed by atoms with Crippen molar-refractivity contribution in [3.63, 3.8) is 0 Å². The highest BCUT2D eigenvalue weighted by Crippen LogP contribution is 2.31. The highest BCUT2D eigenvalue weighted by Gasteiger charge is 2.20. The van der Waals surface area contributed by atoms with Crippen LogP contribution in [0.15, 0.2) is 22.0 Å². The van der Waals surface area contributed by atoms with Crippen LogP contribution in [0, 0.1) is 0 Å². The molecule has 0 aromatic carbocycles. The molecule has 1 aliphatic heterocycles. The summed E-state index contributed by atoms with van der Waals surface area (Å²) in [5.41, 5.74) is 2.00. The van der Waals surface area contributed by atoms with Gasteiger partial charge >= 0.3 is 0 Å². The van der Waals surface area contributed by atoms with E-state index in [-0.39, 0.29) is 0 Å². The van der Waals surface area contributed by atoms with Gasteiger partial charge in [0.15, 0.2) is 5.76 Å². The summed E-state index contributed by atoms with van der Waals surface area (Å²) in [4.78, 5) is 0. The molecule has 1 saturated heterocycles. The molecular formula is C11H11ClN2OS.